The molecule has 2 rings (SSSR count). The molecule has 0 saturated carbocycles. The van der Waals surface area contributed by atoms with E-state index in [9.17, 15) is 4.79 Å². The Bertz CT molecular complexity index is 475. The van der Waals surface area contributed by atoms with E-state index >= 15 is 0 Å². The molecule has 0 unspecified atom stereocenters. The summed E-state index contributed by atoms with van der Waals surface area (Å²) in [6.45, 7) is 5.03. The van der Waals surface area contributed by atoms with E-state index in [0.29, 0.717) is 5.82 Å². The Labute approximate surface area is 99.6 Å². The van der Waals surface area contributed by atoms with E-state index in [1.54, 1.807) is 19.3 Å². The summed E-state index contributed by atoms with van der Waals surface area (Å²) in [4.78, 5) is 21.7. The maximum atomic E-state index is 11.3. The van der Waals surface area contributed by atoms with Crippen LogP contribution in [0.15, 0.2) is 22.1 Å². The van der Waals surface area contributed by atoms with Crippen molar-refractivity contribution in [3.8, 4) is 0 Å². The Morgan fingerprint density at radius 2 is 2.18 bits per heavy atom. The van der Waals surface area contributed by atoms with Crippen molar-refractivity contribution in [2.75, 3.05) is 26.3 Å². The van der Waals surface area contributed by atoms with Gasteiger partial charge in [0.1, 0.15) is 5.84 Å². The first kappa shape index (κ1) is 11.8. The molecule has 6 heteroatoms. The van der Waals surface area contributed by atoms with Gasteiger partial charge in [0.25, 0.3) is 0 Å². The van der Waals surface area contributed by atoms with Crippen LogP contribution >= 0.6 is 0 Å². The number of hydrogen-bond acceptors (Lipinski definition) is 4. The third-order valence-corrected chi connectivity index (χ3v) is 2.70. The van der Waals surface area contributed by atoms with Gasteiger partial charge in [-0.15, -0.1) is 0 Å². The number of aryl methyl sites for hydroxylation is 1. The summed E-state index contributed by atoms with van der Waals surface area (Å²) in [5, 5.41) is 0. The van der Waals surface area contributed by atoms with Crippen LogP contribution in [0.2, 0.25) is 0 Å². The molecule has 0 amide bonds. The van der Waals surface area contributed by atoms with Gasteiger partial charge < -0.3 is 14.2 Å². The minimum Gasteiger partial charge on any atom is -0.378 e. The lowest BCUT2D eigenvalue weighted by atomic mass is 10.4. The molecule has 6 nitrogen and oxygen atoms in total. The van der Waals surface area contributed by atoms with Gasteiger partial charge in [-0.25, -0.2) is 9.79 Å². The molecule has 1 aromatic rings. The third-order valence-electron chi connectivity index (χ3n) is 2.70. The van der Waals surface area contributed by atoms with Crippen molar-refractivity contribution in [2.45, 2.75) is 6.92 Å². The molecular weight excluding hydrogens is 220 g/mol. The molecule has 17 heavy (non-hydrogen) atoms. The second kappa shape index (κ2) is 5.09. The fourth-order valence-corrected chi connectivity index (χ4v) is 1.64. The predicted molar refractivity (Wildman–Crippen MR) is 64.6 cm³/mol. The van der Waals surface area contributed by atoms with Crippen LogP contribution in [0.5, 0.6) is 0 Å². The molecule has 0 bridgehead atoms. The third kappa shape index (κ3) is 2.91. The Morgan fingerprint density at radius 1 is 1.47 bits per heavy atom. The summed E-state index contributed by atoms with van der Waals surface area (Å²) in [7, 11) is 1.66. The van der Waals surface area contributed by atoms with Crippen LogP contribution in [0.1, 0.15) is 6.92 Å². The fraction of sp³-hybridized carbons (Fsp3) is 0.545. The van der Waals surface area contributed by atoms with Gasteiger partial charge in [0.15, 0.2) is 5.82 Å². The summed E-state index contributed by atoms with van der Waals surface area (Å²) in [5.41, 5.74) is -0.291. The molecule has 1 fully saturated rings. The summed E-state index contributed by atoms with van der Waals surface area (Å²) < 4.78 is 6.69. The lowest BCUT2D eigenvalue weighted by Gasteiger charge is -2.28. The second-order valence-electron chi connectivity index (χ2n) is 3.94. The van der Waals surface area contributed by atoms with Gasteiger partial charge in [-0.2, -0.15) is 4.98 Å². The minimum absolute atomic E-state index is 0.291. The van der Waals surface area contributed by atoms with E-state index in [1.165, 1.54) is 4.57 Å². The average molecular weight is 236 g/mol. The minimum atomic E-state index is -0.291. The van der Waals surface area contributed by atoms with Crippen LogP contribution in [0.4, 0.5) is 5.82 Å². The first-order valence-electron chi connectivity index (χ1n) is 5.58. The Hall–Kier alpha value is -1.69. The molecule has 92 valence electrons. The van der Waals surface area contributed by atoms with E-state index in [2.05, 4.69) is 14.9 Å². The second-order valence-corrected chi connectivity index (χ2v) is 3.94. The highest BCUT2D eigenvalue weighted by atomic mass is 16.5. The quantitative estimate of drug-likeness (QED) is 0.515. The molecular formula is C11H16N4O2. The standard InChI is InChI=1S/C11H16N4O2/c1-9(15-5-7-17-8-6-15)12-10-3-4-14(2)11(16)13-10/h3-4H,5-8H2,1-2H3/b12-9-. The van der Waals surface area contributed by atoms with Gasteiger partial charge in [0.05, 0.1) is 13.2 Å². The summed E-state index contributed by atoms with van der Waals surface area (Å²) in [5.74, 6) is 1.33. The number of morpholine rings is 1. The van der Waals surface area contributed by atoms with Gasteiger partial charge >= 0.3 is 5.69 Å². The van der Waals surface area contributed by atoms with Gasteiger partial charge in [-0.05, 0) is 13.0 Å². The first-order valence-corrected chi connectivity index (χ1v) is 5.58. The molecule has 1 aromatic heterocycles. The zero-order chi connectivity index (χ0) is 12.3. The van der Waals surface area contributed by atoms with E-state index in [0.717, 1.165) is 32.1 Å². The lowest BCUT2D eigenvalue weighted by Crippen LogP contribution is -2.39. The van der Waals surface area contributed by atoms with Crippen LogP contribution in [0, 0.1) is 0 Å². The highest BCUT2D eigenvalue weighted by Gasteiger charge is 2.11. The van der Waals surface area contributed by atoms with Crippen LogP contribution in [-0.4, -0.2) is 46.6 Å². The highest BCUT2D eigenvalue weighted by Crippen LogP contribution is 2.06. The van der Waals surface area contributed by atoms with E-state index in [-0.39, 0.29) is 5.69 Å². The van der Waals surface area contributed by atoms with Crippen molar-refractivity contribution in [2.24, 2.45) is 12.0 Å². The van der Waals surface area contributed by atoms with Gasteiger partial charge in [0, 0.05) is 26.3 Å². The van der Waals surface area contributed by atoms with Gasteiger partial charge in [-0.1, -0.05) is 0 Å². The highest BCUT2D eigenvalue weighted by molar-refractivity contribution is 5.82. The number of rotatable bonds is 1. The average Bonchev–Trinajstić information content (AvgIpc) is 2.35. The molecule has 1 aliphatic heterocycles. The summed E-state index contributed by atoms with van der Waals surface area (Å²) in [6.07, 6.45) is 1.67. The SMILES string of the molecule is C/C(=N/c1ccn(C)c(=O)n1)N1CCOCC1. The first-order chi connectivity index (χ1) is 8.16. The normalized spacial score (nSPS) is 17.3. The van der Waals surface area contributed by atoms with Crippen LogP contribution in [0.3, 0.4) is 0 Å². The number of amidine groups is 1. The van der Waals surface area contributed by atoms with E-state index < -0.39 is 0 Å². The Kier molecular flexibility index (Phi) is 3.53. The zero-order valence-electron chi connectivity index (χ0n) is 10.1. The topological polar surface area (TPSA) is 59.7 Å². The molecule has 0 spiro atoms. The summed E-state index contributed by atoms with van der Waals surface area (Å²) >= 11 is 0. The number of aromatic nitrogens is 2. The Balaban J connectivity index is 2.16. The van der Waals surface area contributed by atoms with Gasteiger partial charge in [0.2, 0.25) is 0 Å². The van der Waals surface area contributed by atoms with Crippen LogP contribution < -0.4 is 5.69 Å². The smallest absolute Gasteiger partial charge is 0.349 e. The van der Waals surface area contributed by atoms with Crippen molar-refractivity contribution < 1.29 is 4.74 Å². The predicted octanol–water partition coefficient (Wildman–Crippen LogP) is 0.162. The van der Waals surface area contributed by atoms with E-state index in [1.807, 2.05) is 6.92 Å². The van der Waals surface area contributed by atoms with Crippen molar-refractivity contribution in [3.63, 3.8) is 0 Å². The molecule has 0 radical (unpaired) electrons. The van der Waals surface area contributed by atoms with Crippen molar-refractivity contribution >= 4 is 11.7 Å². The summed E-state index contributed by atoms with van der Waals surface area (Å²) in [6, 6.07) is 1.73. The van der Waals surface area contributed by atoms with Crippen LogP contribution in [-0.2, 0) is 11.8 Å². The monoisotopic (exact) mass is 236 g/mol. The van der Waals surface area contributed by atoms with Crippen molar-refractivity contribution in [1.29, 1.82) is 0 Å². The van der Waals surface area contributed by atoms with Crippen LogP contribution in [0.25, 0.3) is 0 Å². The number of aliphatic imine (C=N–C) groups is 1. The molecule has 0 aliphatic carbocycles. The van der Waals surface area contributed by atoms with E-state index in [4.69, 9.17) is 4.74 Å². The molecule has 1 aliphatic rings. The number of ether oxygens (including phenoxy) is 1. The molecule has 0 aromatic carbocycles. The fourth-order valence-electron chi connectivity index (χ4n) is 1.64. The Morgan fingerprint density at radius 3 is 2.82 bits per heavy atom. The van der Waals surface area contributed by atoms with Crippen molar-refractivity contribution in [3.05, 3.63) is 22.7 Å². The maximum absolute atomic E-state index is 11.3. The zero-order valence-corrected chi connectivity index (χ0v) is 10.1. The molecule has 0 atom stereocenters. The number of hydrogen-bond donors (Lipinski definition) is 0. The maximum Gasteiger partial charge on any atom is 0.349 e. The lowest BCUT2D eigenvalue weighted by molar-refractivity contribution is 0.0678. The molecule has 1 saturated heterocycles. The molecule has 2 heterocycles. The largest absolute Gasteiger partial charge is 0.378 e. The van der Waals surface area contributed by atoms with Gasteiger partial charge in [-0.3, -0.25) is 0 Å². The number of nitrogens with zero attached hydrogens (tertiary/aromatic N) is 4. The van der Waals surface area contributed by atoms with Crippen molar-refractivity contribution in [1.82, 2.24) is 14.5 Å². The molecule has 0 N–H and O–H groups in total.